The van der Waals surface area contributed by atoms with Crippen LogP contribution in [-0.2, 0) is 23.8 Å². The van der Waals surface area contributed by atoms with Crippen LogP contribution in [0.2, 0.25) is 0 Å². The number of esters is 2. The molecule has 3 aliphatic heterocycles. The monoisotopic (exact) mass is 352 g/mol. The summed E-state index contributed by atoms with van der Waals surface area (Å²) in [6, 6.07) is 0. The summed E-state index contributed by atoms with van der Waals surface area (Å²) >= 11 is 0. The standard InChI is InChI=1S/C19H28O6/c1-10(2)16(20)24-14-9-18(5)6-7-19(22,25-18)11(3)8-13-15(14)12(4)17(21)23-13/h10-11,13-15,22H,4,6-9H2,1-3,5H3/t11-,13+,14+,15+,18-,19-/m0/s1. The summed E-state index contributed by atoms with van der Waals surface area (Å²) in [7, 11) is 0. The van der Waals surface area contributed by atoms with E-state index < -0.39 is 35.5 Å². The molecule has 6 atom stereocenters. The van der Waals surface area contributed by atoms with Crippen molar-refractivity contribution in [2.45, 2.75) is 77.0 Å². The van der Waals surface area contributed by atoms with E-state index in [1.54, 1.807) is 13.8 Å². The first-order valence-electron chi connectivity index (χ1n) is 9.07. The second-order valence-electron chi connectivity index (χ2n) is 8.36. The smallest absolute Gasteiger partial charge is 0.334 e. The summed E-state index contributed by atoms with van der Waals surface area (Å²) in [6.45, 7) is 11.3. The molecule has 0 radical (unpaired) electrons. The molecule has 140 valence electrons. The molecule has 3 fully saturated rings. The summed E-state index contributed by atoms with van der Waals surface area (Å²) in [6.07, 6.45) is 1.01. The van der Waals surface area contributed by atoms with Crippen molar-refractivity contribution in [3.63, 3.8) is 0 Å². The minimum Gasteiger partial charge on any atom is -0.461 e. The Morgan fingerprint density at radius 3 is 2.72 bits per heavy atom. The molecule has 0 aromatic rings. The predicted molar refractivity (Wildman–Crippen MR) is 89.3 cm³/mol. The first-order chi connectivity index (χ1) is 11.5. The van der Waals surface area contributed by atoms with Crippen LogP contribution in [0, 0.1) is 17.8 Å². The normalized spacial score (nSPS) is 43.9. The van der Waals surface area contributed by atoms with Crippen molar-refractivity contribution >= 4 is 11.9 Å². The fraction of sp³-hybridized carbons (Fsp3) is 0.789. The van der Waals surface area contributed by atoms with Crippen molar-refractivity contribution in [1.29, 1.82) is 0 Å². The number of hydrogen-bond acceptors (Lipinski definition) is 6. The van der Waals surface area contributed by atoms with E-state index in [-0.39, 0.29) is 17.8 Å². The molecular formula is C19H28O6. The van der Waals surface area contributed by atoms with Gasteiger partial charge in [0, 0.05) is 24.3 Å². The second kappa shape index (κ2) is 6.09. The average molecular weight is 352 g/mol. The lowest BCUT2D eigenvalue weighted by molar-refractivity contribution is -0.250. The first-order valence-corrected chi connectivity index (χ1v) is 9.07. The molecule has 1 N–H and O–H groups in total. The van der Waals surface area contributed by atoms with E-state index in [1.165, 1.54) is 0 Å². The maximum absolute atomic E-state index is 12.2. The van der Waals surface area contributed by atoms with E-state index in [0.717, 1.165) is 0 Å². The molecule has 0 aromatic heterocycles. The molecule has 0 amide bonds. The van der Waals surface area contributed by atoms with E-state index in [9.17, 15) is 14.7 Å². The predicted octanol–water partition coefficient (Wildman–Crippen LogP) is 2.34. The van der Waals surface area contributed by atoms with Gasteiger partial charge in [-0.1, -0.05) is 27.4 Å². The summed E-state index contributed by atoms with van der Waals surface area (Å²) < 4.78 is 17.3. The lowest BCUT2D eigenvalue weighted by Crippen LogP contribution is -2.40. The van der Waals surface area contributed by atoms with Crippen LogP contribution in [-0.4, -0.2) is 40.6 Å². The van der Waals surface area contributed by atoms with Crippen molar-refractivity contribution in [3.8, 4) is 0 Å². The van der Waals surface area contributed by atoms with Crippen LogP contribution < -0.4 is 0 Å². The summed E-state index contributed by atoms with van der Waals surface area (Å²) in [5.41, 5.74) is -0.279. The molecular weight excluding hydrogens is 324 g/mol. The van der Waals surface area contributed by atoms with Crippen LogP contribution in [0.3, 0.4) is 0 Å². The van der Waals surface area contributed by atoms with Gasteiger partial charge in [-0.15, -0.1) is 0 Å². The maximum Gasteiger partial charge on any atom is 0.334 e. The largest absolute Gasteiger partial charge is 0.461 e. The quantitative estimate of drug-likeness (QED) is 0.607. The highest BCUT2D eigenvalue weighted by Gasteiger charge is 2.56. The zero-order valence-corrected chi connectivity index (χ0v) is 15.4. The number of carbonyl (C=O) groups excluding carboxylic acids is 2. The molecule has 3 heterocycles. The van der Waals surface area contributed by atoms with Crippen molar-refractivity contribution in [1.82, 2.24) is 0 Å². The molecule has 0 spiro atoms. The Morgan fingerprint density at radius 1 is 1.40 bits per heavy atom. The molecule has 6 heteroatoms. The lowest BCUT2D eigenvalue weighted by atomic mass is 9.78. The molecule has 3 aliphatic rings. The number of rotatable bonds is 2. The summed E-state index contributed by atoms with van der Waals surface area (Å²) in [4.78, 5) is 24.3. The zero-order chi connectivity index (χ0) is 18.6. The third kappa shape index (κ3) is 3.22. The Labute approximate surface area is 148 Å². The van der Waals surface area contributed by atoms with Crippen LogP contribution >= 0.6 is 0 Å². The van der Waals surface area contributed by atoms with E-state index in [2.05, 4.69) is 6.58 Å². The van der Waals surface area contributed by atoms with Crippen LogP contribution in [0.25, 0.3) is 0 Å². The number of fused-ring (bicyclic) bond motifs is 3. The molecule has 3 rings (SSSR count). The Morgan fingerprint density at radius 2 is 2.08 bits per heavy atom. The van der Waals surface area contributed by atoms with Crippen molar-refractivity contribution < 1.29 is 28.9 Å². The highest BCUT2D eigenvalue weighted by molar-refractivity contribution is 5.91. The van der Waals surface area contributed by atoms with Gasteiger partial charge in [0.15, 0.2) is 5.79 Å². The second-order valence-corrected chi connectivity index (χ2v) is 8.36. The van der Waals surface area contributed by atoms with Crippen LogP contribution in [0.15, 0.2) is 12.2 Å². The molecule has 3 saturated heterocycles. The zero-order valence-electron chi connectivity index (χ0n) is 15.4. The first kappa shape index (κ1) is 18.4. The topological polar surface area (TPSA) is 82.1 Å². The molecule has 0 unspecified atom stereocenters. The van der Waals surface area contributed by atoms with Crippen LogP contribution in [0.5, 0.6) is 0 Å². The average Bonchev–Trinajstić information content (AvgIpc) is 2.97. The fourth-order valence-corrected chi connectivity index (χ4v) is 4.25. The fourth-order valence-electron chi connectivity index (χ4n) is 4.25. The Hall–Kier alpha value is -1.40. The van der Waals surface area contributed by atoms with E-state index in [0.29, 0.717) is 31.3 Å². The minimum atomic E-state index is -1.24. The van der Waals surface area contributed by atoms with Gasteiger partial charge in [0.2, 0.25) is 0 Å². The van der Waals surface area contributed by atoms with E-state index in [1.807, 2.05) is 13.8 Å². The summed E-state index contributed by atoms with van der Waals surface area (Å²) in [5.74, 6) is -2.89. The molecule has 25 heavy (non-hydrogen) atoms. The number of aliphatic hydroxyl groups is 1. The molecule has 0 aliphatic carbocycles. The van der Waals surface area contributed by atoms with Gasteiger partial charge in [0.05, 0.1) is 17.4 Å². The third-order valence-corrected chi connectivity index (χ3v) is 5.89. The SMILES string of the molecule is C=C1C(=O)O[C@@H]2C[C@H](C)[C@]3(O)CC[C@@](C)(C[C@@H](OC(=O)C(C)C)[C@H]12)O3. The summed E-state index contributed by atoms with van der Waals surface area (Å²) in [5, 5.41) is 10.9. The number of hydrogen-bond donors (Lipinski definition) is 1. The highest BCUT2D eigenvalue weighted by Crippen LogP contribution is 2.49. The molecule has 6 nitrogen and oxygen atoms in total. The van der Waals surface area contributed by atoms with Gasteiger partial charge in [-0.3, -0.25) is 4.79 Å². The Bertz CT molecular complexity index is 599. The van der Waals surface area contributed by atoms with Crippen molar-refractivity contribution in [2.75, 3.05) is 0 Å². The molecule has 0 saturated carbocycles. The van der Waals surface area contributed by atoms with Crippen LogP contribution in [0.4, 0.5) is 0 Å². The van der Waals surface area contributed by atoms with Gasteiger partial charge in [0.1, 0.15) is 12.2 Å². The van der Waals surface area contributed by atoms with Crippen LogP contribution in [0.1, 0.15) is 53.4 Å². The van der Waals surface area contributed by atoms with E-state index in [4.69, 9.17) is 14.2 Å². The number of ether oxygens (including phenoxy) is 3. The minimum absolute atomic E-state index is 0.208. The van der Waals surface area contributed by atoms with Gasteiger partial charge in [-0.2, -0.15) is 0 Å². The van der Waals surface area contributed by atoms with E-state index >= 15 is 0 Å². The van der Waals surface area contributed by atoms with Crippen molar-refractivity contribution in [2.24, 2.45) is 17.8 Å². The third-order valence-electron chi connectivity index (χ3n) is 5.89. The lowest BCUT2D eigenvalue weighted by Gasteiger charge is -2.33. The molecule has 0 aromatic carbocycles. The maximum atomic E-state index is 12.2. The Kier molecular flexibility index (Phi) is 4.48. The highest BCUT2D eigenvalue weighted by atomic mass is 16.6. The van der Waals surface area contributed by atoms with Crippen molar-refractivity contribution in [3.05, 3.63) is 12.2 Å². The van der Waals surface area contributed by atoms with Gasteiger partial charge in [-0.25, -0.2) is 4.79 Å². The van der Waals surface area contributed by atoms with Gasteiger partial charge >= 0.3 is 11.9 Å². The van der Waals surface area contributed by atoms with Gasteiger partial charge < -0.3 is 19.3 Å². The van der Waals surface area contributed by atoms with Gasteiger partial charge in [-0.05, 0) is 19.8 Å². The molecule has 2 bridgehead atoms. The van der Waals surface area contributed by atoms with Gasteiger partial charge in [0.25, 0.3) is 0 Å². The number of carbonyl (C=O) groups is 2. The Balaban J connectivity index is 1.97.